The van der Waals surface area contributed by atoms with Gasteiger partial charge in [-0.3, -0.25) is 0 Å². The molecule has 100 valence electrons. The number of rotatable bonds is 3. The van der Waals surface area contributed by atoms with Crippen molar-refractivity contribution in [2.24, 2.45) is 4.99 Å². The molecule has 1 aliphatic carbocycles. The highest BCUT2D eigenvalue weighted by atomic mass is 16.7. The van der Waals surface area contributed by atoms with E-state index in [0.29, 0.717) is 17.2 Å². The second-order valence-electron chi connectivity index (χ2n) is 4.85. The third-order valence-corrected chi connectivity index (χ3v) is 3.89. The number of isocyanates is 1. The van der Waals surface area contributed by atoms with Gasteiger partial charge in [0.1, 0.15) is 11.3 Å². The van der Waals surface area contributed by atoms with E-state index in [0.717, 1.165) is 31.2 Å². The molecule has 5 heteroatoms. The van der Waals surface area contributed by atoms with E-state index in [1.165, 1.54) is 0 Å². The Hall–Kier alpha value is -2.00. The molecular formula is C14H15NO4. The first-order valence-electron chi connectivity index (χ1n) is 6.36. The van der Waals surface area contributed by atoms with Gasteiger partial charge in [-0.15, -0.1) is 0 Å². The van der Waals surface area contributed by atoms with Gasteiger partial charge in [-0.2, -0.15) is 4.99 Å². The smallest absolute Gasteiger partial charge is 0.235 e. The first kappa shape index (κ1) is 12.1. The van der Waals surface area contributed by atoms with Crippen molar-refractivity contribution in [2.75, 3.05) is 13.9 Å². The number of fused-ring (bicyclic) bond motifs is 1. The third-order valence-electron chi connectivity index (χ3n) is 3.89. The molecule has 0 unspecified atom stereocenters. The van der Waals surface area contributed by atoms with Crippen LogP contribution >= 0.6 is 0 Å². The van der Waals surface area contributed by atoms with Crippen LogP contribution in [0.3, 0.4) is 0 Å². The Bertz CT molecular complexity index is 543. The first-order chi connectivity index (χ1) is 9.29. The van der Waals surface area contributed by atoms with E-state index < -0.39 is 5.54 Å². The summed E-state index contributed by atoms with van der Waals surface area (Å²) in [5.74, 6) is 2.04. The molecule has 19 heavy (non-hydrogen) atoms. The number of aliphatic imine (C=N–C) groups is 1. The number of carbonyl (C=O) groups excluding carboxylic acids is 1. The van der Waals surface area contributed by atoms with Crippen molar-refractivity contribution in [3.8, 4) is 17.2 Å². The monoisotopic (exact) mass is 261 g/mol. The Balaban J connectivity index is 2.15. The van der Waals surface area contributed by atoms with Gasteiger partial charge in [0.2, 0.25) is 12.9 Å². The molecule has 0 atom stereocenters. The Labute approximate surface area is 111 Å². The molecule has 1 aromatic rings. The van der Waals surface area contributed by atoms with Crippen LogP contribution in [-0.4, -0.2) is 20.0 Å². The second kappa shape index (κ2) is 4.59. The number of nitrogens with zero attached hydrogens (tertiary/aromatic N) is 1. The minimum atomic E-state index is -0.520. The summed E-state index contributed by atoms with van der Waals surface area (Å²) < 4.78 is 16.2. The van der Waals surface area contributed by atoms with Gasteiger partial charge in [0, 0.05) is 11.6 Å². The van der Waals surface area contributed by atoms with Crippen molar-refractivity contribution in [1.29, 1.82) is 0 Å². The third kappa shape index (κ3) is 1.87. The maximum atomic E-state index is 10.8. The zero-order valence-corrected chi connectivity index (χ0v) is 10.8. The van der Waals surface area contributed by atoms with Gasteiger partial charge in [0.05, 0.1) is 7.11 Å². The molecule has 3 rings (SSSR count). The maximum absolute atomic E-state index is 10.8. The summed E-state index contributed by atoms with van der Waals surface area (Å²) in [4.78, 5) is 14.9. The molecule has 0 bridgehead atoms. The molecule has 0 aromatic heterocycles. The van der Waals surface area contributed by atoms with E-state index in [1.54, 1.807) is 19.3 Å². The standard InChI is InChI=1S/C14H15NO4/c1-17-11-7-13-12(18-9-19-13)6-10(11)14(15-8-16)4-2-3-5-14/h6-7H,2-5,9H2,1H3. The number of benzene rings is 1. The van der Waals surface area contributed by atoms with Crippen LogP contribution in [0.2, 0.25) is 0 Å². The summed E-state index contributed by atoms with van der Waals surface area (Å²) in [6, 6.07) is 3.69. The van der Waals surface area contributed by atoms with Gasteiger partial charge in [0.15, 0.2) is 11.5 Å². The largest absolute Gasteiger partial charge is 0.496 e. The van der Waals surface area contributed by atoms with Gasteiger partial charge >= 0.3 is 0 Å². The SMILES string of the molecule is COc1cc2c(cc1C1(N=C=O)CCCC1)OCO2. The number of hydrogen-bond acceptors (Lipinski definition) is 5. The number of hydrogen-bond donors (Lipinski definition) is 0. The van der Waals surface area contributed by atoms with Crippen LogP contribution in [0, 0.1) is 0 Å². The van der Waals surface area contributed by atoms with Gasteiger partial charge in [-0.05, 0) is 18.9 Å². The van der Waals surface area contributed by atoms with Crippen molar-refractivity contribution < 1.29 is 19.0 Å². The lowest BCUT2D eigenvalue weighted by molar-refractivity contribution is 0.173. The molecule has 0 amide bonds. The Kier molecular flexibility index (Phi) is 2.91. The molecular weight excluding hydrogens is 246 g/mol. The number of methoxy groups -OCH3 is 1. The number of ether oxygens (including phenoxy) is 3. The quantitative estimate of drug-likeness (QED) is 0.619. The lowest BCUT2D eigenvalue weighted by Gasteiger charge is -2.25. The van der Waals surface area contributed by atoms with Crippen molar-refractivity contribution in [3.05, 3.63) is 17.7 Å². The Morgan fingerprint density at radius 3 is 2.58 bits per heavy atom. The average molecular weight is 261 g/mol. The highest BCUT2D eigenvalue weighted by molar-refractivity contribution is 5.55. The minimum absolute atomic E-state index is 0.214. The fourth-order valence-corrected chi connectivity index (χ4v) is 2.94. The van der Waals surface area contributed by atoms with E-state index in [2.05, 4.69) is 4.99 Å². The lowest BCUT2D eigenvalue weighted by atomic mass is 9.88. The summed E-state index contributed by atoms with van der Waals surface area (Å²) in [5, 5.41) is 0. The molecule has 1 aromatic carbocycles. The van der Waals surface area contributed by atoms with Crippen LogP contribution in [0.25, 0.3) is 0 Å². The van der Waals surface area contributed by atoms with Crippen LogP contribution < -0.4 is 14.2 Å². The topological polar surface area (TPSA) is 57.1 Å². The normalized spacial score (nSPS) is 19.0. The maximum Gasteiger partial charge on any atom is 0.235 e. The van der Waals surface area contributed by atoms with Gasteiger partial charge < -0.3 is 14.2 Å². The predicted molar refractivity (Wildman–Crippen MR) is 67.4 cm³/mol. The highest BCUT2D eigenvalue weighted by Crippen LogP contribution is 2.49. The fraction of sp³-hybridized carbons (Fsp3) is 0.500. The first-order valence-corrected chi connectivity index (χ1v) is 6.36. The van der Waals surface area contributed by atoms with Crippen molar-refractivity contribution in [3.63, 3.8) is 0 Å². The van der Waals surface area contributed by atoms with Gasteiger partial charge in [-0.1, -0.05) is 12.8 Å². The summed E-state index contributed by atoms with van der Waals surface area (Å²) in [6.07, 6.45) is 5.47. The molecule has 1 aliphatic heterocycles. The highest BCUT2D eigenvalue weighted by Gasteiger charge is 2.39. The Morgan fingerprint density at radius 2 is 1.95 bits per heavy atom. The average Bonchev–Trinajstić information content (AvgIpc) is 3.06. The summed E-state index contributed by atoms with van der Waals surface area (Å²) in [5.41, 5.74) is 0.369. The van der Waals surface area contributed by atoms with Crippen LogP contribution in [0.1, 0.15) is 31.2 Å². The minimum Gasteiger partial charge on any atom is -0.496 e. The summed E-state index contributed by atoms with van der Waals surface area (Å²) in [7, 11) is 1.61. The second-order valence-corrected chi connectivity index (χ2v) is 4.85. The van der Waals surface area contributed by atoms with Crippen LogP contribution in [-0.2, 0) is 10.3 Å². The van der Waals surface area contributed by atoms with E-state index in [9.17, 15) is 4.79 Å². The van der Waals surface area contributed by atoms with Gasteiger partial charge in [0.25, 0.3) is 0 Å². The summed E-state index contributed by atoms with van der Waals surface area (Å²) >= 11 is 0. The van der Waals surface area contributed by atoms with E-state index in [-0.39, 0.29) is 6.79 Å². The molecule has 1 heterocycles. The van der Waals surface area contributed by atoms with Crippen LogP contribution in [0.4, 0.5) is 0 Å². The molecule has 2 aliphatic rings. The fourth-order valence-electron chi connectivity index (χ4n) is 2.94. The van der Waals surface area contributed by atoms with Crippen LogP contribution in [0.15, 0.2) is 17.1 Å². The molecule has 1 saturated carbocycles. The van der Waals surface area contributed by atoms with E-state index >= 15 is 0 Å². The predicted octanol–water partition coefficient (Wildman–Crippen LogP) is 2.53. The summed E-state index contributed by atoms with van der Waals surface area (Å²) in [6.45, 7) is 0.214. The van der Waals surface area contributed by atoms with Crippen molar-refractivity contribution in [1.82, 2.24) is 0 Å². The van der Waals surface area contributed by atoms with E-state index in [4.69, 9.17) is 14.2 Å². The van der Waals surface area contributed by atoms with Crippen molar-refractivity contribution >= 4 is 6.08 Å². The molecule has 0 saturated heterocycles. The molecule has 0 N–H and O–H groups in total. The molecule has 0 radical (unpaired) electrons. The zero-order chi connectivity index (χ0) is 13.3. The molecule has 0 spiro atoms. The zero-order valence-electron chi connectivity index (χ0n) is 10.8. The van der Waals surface area contributed by atoms with E-state index in [1.807, 2.05) is 6.07 Å². The molecule has 5 nitrogen and oxygen atoms in total. The van der Waals surface area contributed by atoms with Crippen molar-refractivity contribution in [2.45, 2.75) is 31.2 Å². The van der Waals surface area contributed by atoms with Crippen LogP contribution in [0.5, 0.6) is 17.2 Å². The lowest BCUT2D eigenvalue weighted by Crippen LogP contribution is -2.20. The van der Waals surface area contributed by atoms with Gasteiger partial charge in [-0.25, -0.2) is 4.79 Å². The molecule has 1 fully saturated rings. The Morgan fingerprint density at radius 1 is 1.26 bits per heavy atom.